The van der Waals surface area contributed by atoms with E-state index < -0.39 is 0 Å². The number of unbranched alkanes of at least 4 members (excludes halogenated alkanes) is 2. The van der Waals surface area contributed by atoms with Crippen molar-refractivity contribution in [3.8, 4) is 0 Å². The highest BCUT2D eigenvalue weighted by Crippen LogP contribution is 2.47. The predicted molar refractivity (Wildman–Crippen MR) is 119 cm³/mol. The predicted octanol–water partition coefficient (Wildman–Crippen LogP) is 7.60. The molecule has 5 unspecified atom stereocenters. The van der Waals surface area contributed by atoms with Crippen LogP contribution in [0.3, 0.4) is 0 Å². The maximum absolute atomic E-state index is 15.1. The van der Waals surface area contributed by atoms with Crippen molar-refractivity contribution in [1.29, 1.82) is 0 Å². The minimum Gasteiger partial charge on any atom is -0.378 e. The molecule has 0 heterocycles. The van der Waals surface area contributed by atoms with E-state index in [9.17, 15) is 0 Å². The molecular weight excluding hydrogens is 359 g/mol. The van der Waals surface area contributed by atoms with Crippen LogP contribution in [0, 0.1) is 23.6 Å². The Hall–Kier alpha value is -0.890. The van der Waals surface area contributed by atoms with Crippen LogP contribution in [-0.2, 0) is 17.6 Å². The molecule has 0 radical (unpaired) electrons. The topological polar surface area (TPSA) is 9.23 Å². The number of aryl methyl sites for hydroxylation is 1. The third-order valence-electron chi connectivity index (χ3n) is 8.33. The monoisotopic (exact) mass is 400 g/mol. The van der Waals surface area contributed by atoms with Crippen molar-refractivity contribution in [2.45, 2.75) is 109 Å². The van der Waals surface area contributed by atoms with E-state index >= 15 is 4.39 Å². The molecule has 0 saturated heterocycles. The molecule has 5 atom stereocenters. The van der Waals surface area contributed by atoms with Crippen molar-refractivity contribution < 1.29 is 9.13 Å². The normalized spacial score (nSPS) is 31.9. The van der Waals surface area contributed by atoms with Crippen molar-refractivity contribution >= 4 is 0 Å². The first-order valence-corrected chi connectivity index (χ1v) is 12.6. The number of ether oxygens (including phenoxy) is 1. The van der Waals surface area contributed by atoms with Gasteiger partial charge >= 0.3 is 0 Å². The summed E-state index contributed by atoms with van der Waals surface area (Å²) in [6.07, 6.45) is 16.3. The first-order chi connectivity index (χ1) is 14.2. The fraction of sp³-hybridized carbons (Fsp3) is 0.778. The minimum atomic E-state index is 0.0805. The van der Waals surface area contributed by atoms with E-state index in [0.717, 1.165) is 49.2 Å². The summed E-state index contributed by atoms with van der Waals surface area (Å²) in [6, 6.07) is 4.17. The van der Waals surface area contributed by atoms with Crippen molar-refractivity contribution in [2.24, 2.45) is 17.8 Å². The number of benzene rings is 1. The van der Waals surface area contributed by atoms with Gasteiger partial charge in [-0.3, -0.25) is 0 Å². The van der Waals surface area contributed by atoms with Crippen molar-refractivity contribution in [1.82, 2.24) is 0 Å². The molecule has 1 nitrogen and oxygen atoms in total. The fourth-order valence-corrected chi connectivity index (χ4v) is 6.42. The number of fused-ring (bicyclic) bond motifs is 2. The van der Waals surface area contributed by atoms with E-state index in [1.165, 1.54) is 75.3 Å². The van der Waals surface area contributed by atoms with Crippen molar-refractivity contribution in [3.05, 3.63) is 34.6 Å². The molecule has 29 heavy (non-hydrogen) atoms. The van der Waals surface area contributed by atoms with Crippen LogP contribution >= 0.6 is 0 Å². The van der Waals surface area contributed by atoms with Crippen LogP contribution in [0.25, 0.3) is 0 Å². The second-order valence-corrected chi connectivity index (χ2v) is 10.2. The zero-order valence-corrected chi connectivity index (χ0v) is 18.7. The van der Waals surface area contributed by atoms with Gasteiger partial charge in [0.2, 0.25) is 0 Å². The van der Waals surface area contributed by atoms with Gasteiger partial charge in [-0.1, -0.05) is 39.2 Å². The van der Waals surface area contributed by atoms with Gasteiger partial charge in [0, 0.05) is 6.61 Å². The van der Waals surface area contributed by atoms with Gasteiger partial charge in [-0.05, 0) is 111 Å². The summed E-state index contributed by atoms with van der Waals surface area (Å²) in [5.41, 5.74) is 3.77. The molecule has 0 aromatic heterocycles. The summed E-state index contributed by atoms with van der Waals surface area (Å²) in [5, 5.41) is 0. The van der Waals surface area contributed by atoms with Gasteiger partial charge in [-0.15, -0.1) is 0 Å². The Labute approximate surface area is 177 Å². The van der Waals surface area contributed by atoms with E-state index in [1.807, 2.05) is 6.07 Å². The van der Waals surface area contributed by atoms with E-state index in [2.05, 4.69) is 19.9 Å². The van der Waals surface area contributed by atoms with Gasteiger partial charge < -0.3 is 4.74 Å². The number of hydrogen-bond acceptors (Lipinski definition) is 1. The van der Waals surface area contributed by atoms with Gasteiger partial charge in [0.25, 0.3) is 0 Å². The smallest absolute Gasteiger partial charge is 0.126 e. The molecule has 0 bridgehead atoms. The lowest BCUT2D eigenvalue weighted by Crippen LogP contribution is -2.34. The molecule has 3 aliphatic rings. The van der Waals surface area contributed by atoms with Crippen LogP contribution in [0.5, 0.6) is 0 Å². The quantitative estimate of drug-likeness (QED) is 0.428. The number of rotatable bonds is 7. The Morgan fingerprint density at radius 3 is 2.59 bits per heavy atom. The summed E-state index contributed by atoms with van der Waals surface area (Å²) in [5.74, 6) is 2.86. The zero-order chi connectivity index (χ0) is 20.2. The fourth-order valence-electron chi connectivity index (χ4n) is 6.42. The molecule has 0 amide bonds. The van der Waals surface area contributed by atoms with Gasteiger partial charge in [0.1, 0.15) is 5.82 Å². The summed E-state index contributed by atoms with van der Waals surface area (Å²) in [6.45, 7) is 5.46. The highest BCUT2D eigenvalue weighted by molar-refractivity contribution is 5.37. The van der Waals surface area contributed by atoms with Crippen molar-refractivity contribution in [3.63, 3.8) is 0 Å². The Balaban J connectivity index is 1.35. The largest absolute Gasteiger partial charge is 0.378 e. The van der Waals surface area contributed by atoms with Crippen LogP contribution in [0.2, 0.25) is 0 Å². The summed E-state index contributed by atoms with van der Waals surface area (Å²) >= 11 is 0. The molecule has 2 fully saturated rings. The molecule has 1 aromatic carbocycles. The maximum atomic E-state index is 15.1. The van der Waals surface area contributed by atoms with Gasteiger partial charge in [0.05, 0.1) is 6.10 Å². The lowest BCUT2D eigenvalue weighted by molar-refractivity contribution is -0.0164. The van der Waals surface area contributed by atoms with Crippen LogP contribution in [0.1, 0.15) is 107 Å². The van der Waals surface area contributed by atoms with Gasteiger partial charge in [-0.2, -0.15) is 0 Å². The third-order valence-corrected chi connectivity index (χ3v) is 8.33. The Kier molecular flexibility index (Phi) is 7.32. The lowest BCUT2D eigenvalue weighted by atomic mass is 9.65. The van der Waals surface area contributed by atoms with E-state index in [4.69, 9.17) is 4.74 Å². The first-order valence-electron chi connectivity index (χ1n) is 12.6. The average molecular weight is 401 g/mol. The van der Waals surface area contributed by atoms with Crippen LogP contribution < -0.4 is 0 Å². The molecule has 1 aromatic rings. The second kappa shape index (κ2) is 9.94. The number of halogens is 1. The Morgan fingerprint density at radius 2 is 1.76 bits per heavy atom. The molecule has 3 aliphatic carbocycles. The standard InChI is InChI=1S/C27H41FO/c1-3-5-6-13-29-25-12-11-20-15-23(10-9-21(20)16-25)26-17-22-8-7-19(4-2)14-24(22)18-27(26)28/h17-21,23,25H,3-16H2,1-2H3. The summed E-state index contributed by atoms with van der Waals surface area (Å²) in [7, 11) is 0. The minimum absolute atomic E-state index is 0.0805. The molecular formula is C27H41FO. The second-order valence-electron chi connectivity index (χ2n) is 10.2. The molecule has 162 valence electrons. The molecule has 2 saturated carbocycles. The Bertz CT molecular complexity index is 669. The Morgan fingerprint density at radius 1 is 0.931 bits per heavy atom. The molecule has 0 N–H and O–H groups in total. The van der Waals surface area contributed by atoms with Gasteiger partial charge in [-0.25, -0.2) is 4.39 Å². The molecule has 4 rings (SSSR count). The average Bonchev–Trinajstić information content (AvgIpc) is 2.75. The number of hydrogen-bond donors (Lipinski definition) is 0. The SMILES string of the molecule is CCCCCOC1CCC2CC(c3cc4c(cc3F)CC(CC)CC4)CCC2C1. The van der Waals surface area contributed by atoms with E-state index in [-0.39, 0.29) is 5.82 Å². The summed E-state index contributed by atoms with van der Waals surface area (Å²) < 4.78 is 21.2. The third kappa shape index (κ3) is 5.06. The highest BCUT2D eigenvalue weighted by Gasteiger charge is 2.37. The highest BCUT2D eigenvalue weighted by atomic mass is 19.1. The molecule has 2 heteroatoms. The molecule has 0 spiro atoms. The van der Waals surface area contributed by atoms with Gasteiger partial charge in [0.15, 0.2) is 0 Å². The van der Waals surface area contributed by atoms with E-state index in [1.54, 1.807) is 0 Å². The first kappa shape index (κ1) is 21.3. The van der Waals surface area contributed by atoms with Crippen LogP contribution in [0.15, 0.2) is 12.1 Å². The summed E-state index contributed by atoms with van der Waals surface area (Å²) in [4.78, 5) is 0. The zero-order valence-electron chi connectivity index (χ0n) is 18.7. The van der Waals surface area contributed by atoms with Crippen molar-refractivity contribution in [2.75, 3.05) is 6.61 Å². The lowest BCUT2D eigenvalue weighted by Gasteiger charge is -2.42. The van der Waals surface area contributed by atoms with E-state index in [0.29, 0.717) is 12.0 Å². The van der Waals surface area contributed by atoms with Crippen LogP contribution in [0.4, 0.5) is 4.39 Å². The van der Waals surface area contributed by atoms with Crippen LogP contribution in [-0.4, -0.2) is 12.7 Å². The molecule has 0 aliphatic heterocycles. The maximum Gasteiger partial charge on any atom is 0.126 e.